The zero-order valence-corrected chi connectivity index (χ0v) is 13.5. The molecule has 0 saturated carbocycles. The maximum absolute atomic E-state index is 9.17. The van der Waals surface area contributed by atoms with Gasteiger partial charge in [-0.15, -0.1) is 0 Å². The lowest BCUT2D eigenvalue weighted by Crippen LogP contribution is -2.31. The molecule has 0 amide bonds. The van der Waals surface area contributed by atoms with Crippen molar-refractivity contribution < 1.29 is 5.11 Å². The number of hydrogen-bond donors (Lipinski definition) is 1. The number of nitrogens with zero attached hydrogens (tertiary/aromatic N) is 5. The van der Waals surface area contributed by atoms with Gasteiger partial charge >= 0.3 is 0 Å². The van der Waals surface area contributed by atoms with Crippen molar-refractivity contribution >= 4 is 16.9 Å². The van der Waals surface area contributed by atoms with Crippen LogP contribution in [0.15, 0.2) is 42.9 Å². The van der Waals surface area contributed by atoms with Gasteiger partial charge < -0.3 is 10.0 Å². The summed E-state index contributed by atoms with van der Waals surface area (Å²) in [5.41, 5.74) is 2.15. The molecule has 1 atom stereocenters. The molecule has 1 saturated heterocycles. The molecule has 1 aromatic carbocycles. The minimum atomic E-state index is 0.0520. The molecule has 6 heteroatoms. The Labute approximate surface area is 140 Å². The Hall–Kier alpha value is -2.47. The SMILES string of the molecule is OCCn1ncc2c(N3CCC[C@H]3Cc3ccccc3)ncnc21. The fourth-order valence-corrected chi connectivity index (χ4v) is 3.58. The molecule has 4 rings (SSSR count). The summed E-state index contributed by atoms with van der Waals surface area (Å²) in [7, 11) is 0. The van der Waals surface area contributed by atoms with E-state index in [2.05, 4.69) is 50.3 Å². The third-order valence-corrected chi connectivity index (χ3v) is 4.69. The highest BCUT2D eigenvalue weighted by Crippen LogP contribution is 2.30. The van der Waals surface area contributed by atoms with Crippen molar-refractivity contribution in [2.24, 2.45) is 0 Å². The summed E-state index contributed by atoms with van der Waals surface area (Å²) in [5, 5.41) is 14.5. The van der Waals surface area contributed by atoms with Crippen molar-refractivity contribution in [2.75, 3.05) is 18.1 Å². The van der Waals surface area contributed by atoms with Crippen LogP contribution in [0, 0.1) is 0 Å². The van der Waals surface area contributed by atoms with Crippen molar-refractivity contribution in [3.63, 3.8) is 0 Å². The van der Waals surface area contributed by atoms with Crippen LogP contribution in [0.1, 0.15) is 18.4 Å². The molecule has 0 radical (unpaired) electrons. The Balaban J connectivity index is 1.66. The van der Waals surface area contributed by atoms with Gasteiger partial charge in [0.1, 0.15) is 12.1 Å². The zero-order valence-electron chi connectivity index (χ0n) is 13.5. The molecular weight excluding hydrogens is 302 g/mol. The zero-order chi connectivity index (χ0) is 16.4. The summed E-state index contributed by atoms with van der Waals surface area (Å²) in [6.45, 7) is 1.51. The summed E-state index contributed by atoms with van der Waals surface area (Å²) >= 11 is 0. The van der Waals surface area contributed by atoms with Crippen LogP contribution in [0.25, 0.3) is 11.0 Å². The predicted octanol–water partition coefficient (Wildman–Crippen LogP) is 2.03. The highest BCUT2D eigenvalue weighted by atomic mass is 16.3. The highest BCUT2D eigenvalue weighted by Gasteiger charge is 2.28. The molecule has 0 spiro atoms. The summed E-state index contributed by atoms with van der Waals surface area (Å²) in [6, 6.07) is 11.1. The topological polar surface area (TPSA) is 67.1 Å². The third-order valence-electron chi connectivity index (χ3n) is 4.69. The molecular formula is C18H21N5O. The molecule has 1 aliphatic rings. The molecule has 0 unspecified atom stereocenters. The number of aliphatic hydroxyl groups excluding tert-OH is 1. The van der Waals surface area contributed by atoms with Gasteiger partial charge in [-0.1, -0.05) is 30.3 Å². The van der Waals surface area contributed by atoms with Gasteiger partial charge in [0, 0.05) is 12.6 Å². The Morgan fingerprint density at radius 1 is 1.17 bits per heavy atom. The van der Waals surface area contributed by atoms with Crippen molar-refractivity contribution in [1.82, 2.24) is 19.7 Å². The van der Waals surface area contributed by atoms with Crippen LogP contribution in [0.2, 0.25) is 0 Å². The number of hydrogen-bond acceptors (Lipinski definition) is 5. The van der Waals surface area contributed by atoms with E-state index < -0.39 is 0 Å². The lowest BCUT2D eigenvalue weighted by Gasteiger charge is -2.26. The van der Waals surface area contributed by atoms with E-state index in [1.54, 1.807) is 11.0 Å². The van der Waals surface area contributed by atoms with E-state index in [1.807, 2.05) is 6.20 Å². The Morgan fingerprint density at radius 3 is 2.88 bits per heavy atom. The van der Waals surface area contributed by atoms with Crippen LogP contribution in [0.3, 0.4) is 0 Å². The average molecular weight is 323 g/mol. The summed E-state index contributed by atoms with van der Waals surface area (Å²) in [5.74, 6) is 0.961. The molecule has 6 nitrogen and oxygen atoms in total. The smallest absolute Gasteiger partial charge is 0.163 e. The van der Waals surface area contributed by atoms with Gasteiger partial charge in [-0.05, 0) is 24.8 Å². The monoisotopic (exact) mass is 323 g/mol. The number of aromatic nitrogens is 4. The normalized spacial score (nSPS) is 17.7. The standard InChI is InChI=1S/C18H21N5O/c24-10-9-23-18-16(12-21-23)17(19-13-20-18)22-8-4-7-15(22)11-14-5-2-1-3-6-14/h1-3,5-6,12-13,15,24H,4,7-11H2/t15-/m0/s1. The molecule has 124 valence electrons. The van der Waals surface area contributed by atoms with E-state index in [4.69, 9.17) is 5.11 Å². The van der Waals surface area contributed by atoms with Crippen LogP contribution in [-0.4, -0.2) is 44.0 Å². The number of aliphatic hydroxyl groups is 1. The Bertz CT molecular complexity index is 817. The second-order valence-electron chi connectivity index (χ2n) is 6.21. The predicted molar refractivity (Wildman–Crippen MR) is 92.9 cm³/mol. The number of fused-ring (bicyclic) bond motifs is 1. The van der Waals surface area contributed by atoms with Crippen molar-refractivity contribution in [3.05, 3.63) is 48.4 Å². The van der Waals surface area contributed by atoms with E-state index in [1.165, 1.54) is 18.4 Å². The van der Waals surface area contributed by atoms with E-state index in [-0.39, 0.29) is 6.61 Å². The first-order chi connectivity index (χ1) is 11.9. The number of rotatable bonds is 5. The van der Waals surface area contributed by atoms with Gasteiger partial charge in [-0.25, -0.2) is 14.6 Å². The van der Waals surface area contributed by atoms with E-state index in [9.17, 15) is 0 Å². The van der Waals surface area contributed by atoms with Gasteiger partial charge in [-0.3, -0.25) is 0 Å². The van der Waals surface area contributed by atoms with E-state index >= 15 is 0 Å². The van der Waals surface area contributed by atoms with Gasteiger partial charge in [0.05, 0.1) is 24.7 Å². The van der Waals surface area contributed by atoms with Gasteiger partial charge in [-0.2, -0.15) is 5.10 Å². The van der Waals surface area contributed by atoms with Crippen LogP contribution in [0.4, 0.5) is 5.82 Å². The summed E-state index contributed by atoms with van der Waals surface area (Å²) in [6.07, 6.45) is 6.79. The lowest BCUT2D eigenvalue weighted by atomic mass is 10.0. The first kappa shape index (κ1) is 15.1. The van der Waals surface area contributed by atoms with Gasteiger partial charge in [0.2, 0.25) is 0 Å². The van der Waals surface area contributed by atoms with Crippen molar-refractivity contribution in [1.29, 1.82) is 0 Å². The quantitative estimate of drug-likeness (QED) is 0.778. The first-order valence-electron chi connectivity index (χ1n) is 8.45. The summed E-state index contributed by atoms with van der Waals surface area (Å²) in [4.78, 5) is 11.3. The first-order valence-corrected chi connectivity index (χ1v) is 8.45. The molecule has 0 bridgehead atoms. The molecule has 1 aliphatic heterocycles. The molecule has 3 heterocycles. The van der Waals surface area contributed by atoms with E-state index in [0.717, 1.165) is 29.8 Å². The minimum Gasteiger partial charge on any atom is -0.394 e. The fourth-order valence-electron chi connectivity index (χ4n) is 3.58. The second kappa shape index (κ2) is 6.57. The molecule has 1 fully saturated rings. The third kappa shape index (κ3) is 2.73. The van der Waals surface area contributed by atoms with Crippen LogP contribution in [-0.2, 0) is 13.0 Å². The van der Waals surface area contributed by atoms with Crippen molar-refractivity contribution in [2.45, 2.75) is 31.8 Å². The largest absolute Gasteiger partial charge is 0.394 e. The maximum atomic E-state index is 9.17. The molecule has 3 aromatic rings. The average Bonchev–Trinajstić information content (AvgIpc) is 3.23. The van der Waals surface area contributed by atoms with E-state index in [0.29, 0.717) is 12.6 Å². The lowest BCUT2D eigenvalue weighted by molar-refractivity contribution is 0.271. The molecule has 0 aliphatic carbocycles. The molecule has 1 N–H and O–H groups in total. The van der Waals surface area contributed by atoms with Crippen molar-refractivity contribution in [3.8, 4) is 0 Å². The second-order valence-corrected chi connectivity index (χ2v) is 6.21. The maximum Gasteiger partial charge on any atom is 0.163 e. The van der Waals surface area contributed by atoms with Gasteiger partial charge in [0.25, 0.3) is 0 Å². The van der Waals surface area contributed by atoms with Crippen LogP contribution in [0.5, 0.6) is 0 Å². The number of anilines is 1. The molecule has 24 heavy (non-hydrogen) atoms. The Kier molecular flexibility index (Phi) is 4.13. The Morgan fingerprint density at radius 2 is 2.04 bits per heavy atom. The number of benzene rings is 1. The fraction of sp³-hybridized carbons (Fsp3) is 0.389. The van der Waals surface area contributed by atoms with Crippen LogP contribution >= 0.6 is 0 Å². The van der Waals surface area contributed by atoms with Gasteiger partial charge in [0.15, 0.2) is 5.65 Å². The summed E-state index contributed by atoms with van der Waals surface area (Å²) < 4.78 is 1.74. The van der Waals surface area contributed by atoms with Crippen LogP contribution < -0.4 is 4.90 Å². The minimum absolute atomic E-state index is 0.0520. The highest BCUT2D eigenvalue weighted by molar-refractivity contribution is 5.87. The molecule has 2 aromatic heterocycles.